The van der Waals surface area contributed by atoms with E-state index in [1.165, 1.54) is 23.9 Å². The fraction of sp³-hybridized carbons (Fsp3) is 0.321. The van der Waals surface area contributed by atoms with Gasteiger partial charge in [0.15, 0.2) is 0 Å². The predicted molar refractivity (Wildman–Crippen MR) is 141 cm³/mol. The number of rotatable bonds is 5. The van der Waals surface area contributed by atoms with Crippen LogP contribution in [0.5, 0.6) is 0 Å². The standard InChI is InChI=1S/C28H27F3N4OS/c29-28(30,31)19-10-11-26-24(18-19)34(23-8-3-4-9-25(23)37-26)15-5-14-33-16-12-20(13-17-33)35-22-7-2-1-6-21(22)32-27(35)36/h1-4,6-11,18,20H,5,12-17H2,(H,32,36). The number of nitrogens with zero attached hydrogens (tertiary/aromatic N) is 3. The van der Waals surface area contributed by atoms with E-state index in [0.29, 0.717) is 12.2 Å². The number of piperidine rings is 1. The van der Waals surface area contributed by atoms with E-state index in [2.05, 4.69) is 9.88 Å². The third-order valence-corrected chi connectivity index (χ3v) is 8.49. The highest BCUT2D eigenvalue weighted by atomic mass is 32.2. The first-order valence-electron chi connectivity index (χ1n) is 12.6. The van der Waals surface area contributed by atoms with Crippen LogP contribution in [0.4, 0.5) is 24.5 Å². The number of hydrogen-bond acceptors (Lipinski definition) is 4. The second-order valence-electron chi connectivity index (χ2n) is 9.65. The van der Waals surface area contributed by atoms with Gasteiger partial charge < -0.3 is 14.8 Å². The van der Waals surface area contributed by atoms with Gasteiger partial charge in [-0.15, -0.1) is 0 Å². The topological polar surface area (TPSA) is 44.3 Å². The van der Waals surface area contributed by atoms with Crippen LogP contribution in [0.1, 0.15) is 30.9 Å². The Bertz CT molecular complexity index is 1490. The number of nitrogens with one attached hydrogen (secondary N) is 1. The molecule has 2 aliphatic heterocycles. The van der Waals surface area contributed by atoms with Crippen LogP contribution in [0.3, 0.4) is 0 Å². The van der Waals surface area contributed by atoms with E-state index < -0.39 is 11.7 Å². The number of halogens is 3. The van der Waals surface area contributed by atoms with Crippen molar-refractivity contribution in [2.75, 3.05) is 31.1 Å². The van der Waals surface area contributed by atoms with Crippen molar-refractivity contribution in [2.24, 2.45) is 0 Å². The highest BCUT2D eigenvalue weighted by Gasteiger charge is 2.33. The molecule has 0 aliphatic carbocycles. The third kappa shape index (κ3) is 4.66. The molecule has 1 N–H and O–H groups in total. The van der Waals surface area contributed by atoms with Crippen LogP contribution >= 0.6 is 11.8 Å². The first kappa shape index (κ1) is 24.2. The number of aromatic amines is 1. The Morgan fingerprint density at radius 1 is 0.892 bits per heavy atom. The Morgan fingerprint density at radius 2 is 1.62 bits per heavy atom. The van der Waals surface area contributed by atoms with E-state index in [4.69, 9.17) is 0 Å². The zero-order chi connectivity index (χ0) is 25.6. The lowest BCUT2D eigenvalue weighted by Gasteiger charge is -2.35. The number of anilines is 2. The molecular weight excluding hydrogens is 497 g/mol. The van der Waals surface area contributed by atoms with Crippen molar-refractivity contribution in [3.63, 3.8) is 0 Å². The summed E-state index contributed by atoms with van der Waals surface area (Å²) >= 11 is 1.52. The van der Waals surface area contributed by atoms with Gasteiger partial charge in [-0.3, -0.25) is 4.57 Å². The third-order valence-electron chi connectivity index (χ3n) is 7.36. The van der Waals surface area contributed by atoms with Crippen molar-refractivity contribution < 1.29 is 13.2 Å². The van der Waals surface area contributed by atoms with Crippen LogP contribution < -0.4 is 10.6 Å². The van der Waals surface area contributed by atoms with Gasteiger partial charge in [-0.1, -0.05) is 36.0 Å². The summed E-state index contributed by atoms with van der Waals surface area (Å²) < 4.78 is 42.3. The van der Waals surface area contributed by atoms with Gasteiger partial charge in [-0.2, -0.15) is 13.2 Å². The zero-order valence-corrected chi connectivity index (χ0v) is 21.0. The molecule has 6 rings (SSSR count). The van der Waals surface area contributed by atoms with Gasteiger partial charge >= 0.3 is 11.9 Å². The van der Waals surface area contributed by atoms with Crippen molar-refractivity contribution in [3.8, 4) is 0 Å². The smallest absolute Gasteiger partial charge is 0.340 e. The van der Waals surface area contributed by atoms with E-state index in [1.54, 1.807) is 6.07 Å². The molecule has 0 atom stereocenters. The van der Waals surface area contributed by atoms with E-state index >= 15 is 0 Å². The van der Waals surface area contributed by atoms with Crippen LogP contribution in [0.15, 0.2) is 81.3 Å². The average molecular weight is 525 g/mol. The molecule has 37 heavy (non-hydrogen) atoms. The number of fused-ring (bicyclic) bond motifs is 3. The number of H-pyrrole nitrogens is 1. The second-order valence-corrected chi connectivity index (χ2v) is 10.7. The second kappa shape index (κ2) is 9.61. The molecule has 1 saturated heterocycles. The molecule has 0 saturated carbocycles. The lowest BCUT2D eigenvalue weighted by molar-refractivity contribution is -0.137. The Hall–Kier alpha value is -3.17. The van der Waals surface area contributed by atoms with Gasteiger partial charge in [0.1, 0.15) is 0 Å². The van der Waals surface area contributed by atoms with Crippen LogP contribution in [0, 0.1) is 0 Å². The Kier molecular flexibility index (Phi) is 6.28. The van der Waals surface area contributed by atoms with Crippen molar-refractivity contribution in [1.82, 2.24) is 14.5 Å². The molecule has 2 aliphatic rings. The molecule has 0 radical (unpaired) electrons. The molecule has 1 aromatic heterocycles. The molecule has 4 aromatic rings. The highest BCUT2D eigenvalue weighted by Crippen LogP contribution is 2.49. The maximum absolute atomic E-state index is 13.5. The molecule has 0 bridgehead atoms. The zero-order valence-electron chi connectivity index (χ0n) is 20.2. The Morgan fingerprint density at radius 3 is 2.43 bits per heavy atom. The molecule has 0 amide bonds. The van der Waals surface area contributed by atoms with Gasteiger partial charge in [-0.05, 0) is 68.3 Å². The minimum atomic E-state index is -4.38. The van der Waals surface area contributed by atoms with Crippen LogP contribution in [0.25, 0.3) is 11.0 Å². The van der Waals surface area contributed by atoms with Gasteiger partial charge in [0.05, 0.1) is 28.0 Å². The predicted octanol–water partition coefficient (Wildman–Crippen LogP) is 6.68. The number of alkyl halides is 3. The molecule has 0 unspecified atom stereocenters. The Balaban J connectivity index is 1.13. The molecule has 3 heterocycles. The van der Waals surface area contributed by atoms with Gasteiger partial charge in [0, 0.05) is 35.5 Å². The molecular formula is C28H27F3N4OS. The number of aromatic nitrogens is 2. The fourth-order valence-electron chi connectivity index (χ4n) is 5.54. The maximum atomic E-state index is 13.5. The summed E-state index contributed by atoms with van der Waals surface area (Å²) in [6.45, 7) is 3.26. The lowest BCUT2D eigenvalue weighted by Crippen LogP contribution is -2.38. The first-order chi connectivity index (χ1) is 17.9. The quantitative estimate of drug-likeness (QED) is 0.316. The van der Waals surface area contributed by atoms with E-state index in [0.717, 1.165) is 65.4 Å². The Labute approximate surface area is 216 Å². The molecule has 0 spiro atoms. The van der Waals surface area contributed by atoms with Crippen molar-refractivity contribution in [2.45, 2.75) is 41.3 Å². The summed E-state index contributed by atoms with van der Waals surface area (Å²) in [5.41, 5.74) is 2.71. The van der Waals surface area contributed by atoms with Gasteiger partial charge in [0.2, 0.25) is 0 Å². The lowest BCUT2D eigenvalue weighted by atomic mass is 10.0. The molecule has 192 valence electrons. The van der Waals surface area contributed by atoms with Gasteiger partial charge in [0.25, 0.3) is 0 Å². The van der Waals surface area contributed by atoms with Crippen LogP contribution in [-0.2, 0) is 6.18 Å². The van der Waals surface area contributed by atoms with E-state index in [-0.39, 0.29) is 11.7 Å². The summed E-state index contributed by atoms with van der Waals surface area (Å²) in [6, 6.07) is 19.9. The number of hydrogen-bond donors (Lipinski definition) is 1. The summed E-state index contributed by atoms with van der Waals surface area (Å²) in [6.07, 6.45) is -1.77. The minimum absolute atomic E-state index is 0.0572. The largest absolute Gasteiger partial charge is 0.416 e. The summed E-state index contributed by atoms with van der Waals surface area (Å²) in [5, 5.41) is 0. The summed E-state index contributed by atoms with van der Waals surface area (Å²) in [4.78, 5) is 21.9. The molecule has 3 aromatic carbocycles. The molecule has 1 fully saturated rings. The average Bonchev–Trinajstić information content (AvgIpc) is 3.23. The normalized spacial score (nSPS) is 16.7. The number of likely N-dealkylation sites (tertiary alicyclic amines) is 1. The SMILES string of the molecule is O=c1[nH]c2ccccc2n1C1CCN(CCCN2c3ccccc3Sc3ccc(C(F)(F)F)cc32)CC1. The molecule has 5 nitrogen and oxygen atoms in total. The number of para-hydroxylation sites is 3. The number of benzene rings is 3. The van der Waals surface area contributed by atoms with Crippen molar-refractivity contribution >= 4 is 34.2 Å². The first-order valence-corrected chi connectivity index (χ1v) is 13.4. The molecule has 9 heteroatoms. The number of imidazole rings is 1. The van der Waals surface area contributed by atoms with E-state index in [9.17, 15) is 18.0 Å². The minimum Gasteiger partial charge on any atom is -0.340 e. The summed E-state index contributed by atoms with van der Waals surface area (Å²) in [7, 11) is 0. The maximum Gasteiger partial charge on any atom is 0.416 e. The van der Waals surface area contributed by atoms with E-state index in [1.807, 2.05) is 58.0 Å². The van der Waals surface area contributed by atoms with Crippen LogP contribution in [0.2, 0.25) is 0 Å². The fourth-order valence-corrected chi connectivity index (χ4v) is 6.61. The monoisotopic (exact) mass is 524 g/mol. The van der Waals surface area contributed by atoms with Crippen LogP contribution in [-0.4, -0.2) is 40.6 Å². The van der Waals surface area contributed by atoms with Crippen molar-refractivity contribution in [1.29, 1.82) is 0 Å². The highest BCUT2D eigenvalue weighted by molar-refractivity contribution is 7.99. The van der Waals surface area contributed by atoms with Crippen molar-refractivity contribution in [3.05, 3.63) is 82.8 Å². The summed E-state index contributed by atoms with van der Waals surface area (Å²) in [5.74, 6) is 0. The van der Waals surface area contributed by atoms with Gasteiger partial charge in [-0.25, -0.2) is 4.79 Å².